The predicted octanol–water partition coefficient (Wildman–Crippen LogP) is 3.34. The van der Waals surface area contributed by atoms with Crippen molar-refractivity contribution in [1.82, 2.24) is 0 Å². The number of Topliss-reactive ketones (excluding diaryl/α,β-unsaturated/α-hetero) is 1. The largest absolute Gasteiger partial charge is 0.496 e. The molecule has 0 unspecified atom stereocenters. The highest BCUT2D eigenvalue weighted by Gasteiger charge is 2.32. The average Bonchev–Trinajstić information content (AvgIpc) is 2.96. The molecule has 0 aromatic heterocycles. The first-order valence-corrected chi connectivity index (χ1v) is 7.54. The van der Waals surface area contributed by atoms with Crippen LogP contribution in [0.5, 0.6) is 28.7 Å². The van der Waals surface area contributed by atoms with Crippen LogP contribution in [0.3, 0.4) is 0 Å². The van der Waals surface area contributed by atoms with Gasteiger partial charge >= 0.3 is 0 Å². The molecule has 3 rings (SSSR count). The minimum absolute atomic E-state index is 0.174. The molecule has 0 spiro atoms. The van der Waals surface area contributed by atoms with Gasteiger partial charge in [0.2, 0.25) is 5.78 Å². The minimum atomic E-state index is -0.264. The first kappa shape index (κ1) is 16.7. The summed E-state index contributed by atoms with van der Waals surface area (Å²) in [5.74, 6) is 2.35. The monoisotopic (exact) mass is 342 g/mol. The highest BCUT2D eigenvalue weighted by molar-refractivity contribution is 6.16. The molecule has 25 heavy (non-hydrogen) atoms. The summed E-state index contributed by atoms with van der Waals surface area (Å²) >= 11 is 0. The van der Waals surface area contributed by atoms with E-state index < -0.39 is 0 Å². The molecule has 0 fully saturated rings. The van der Waals surface area contributed by atoms with E-state index in [1.54, 1.807) is 38.5 Å². The number of hydrogen-bond acceptors (Lipinski definition) is 6. The molecular weight excluding hydrogens is 324 g/mol. The van der Waals surface area contributed by atoms with E-state index in [1.807, 2.05) is 12.1 Å². The van der Waals surface area contributed by atoms with Crippen molar-refractivity contribution in [3.05, 3.63) is 47.2 Å². The molecule has 0 radical (unpaired) electrons. The summed E-state index contributed by atoms with van der Waals surface area (Å²) < 4.78 is 26.9. The van der Waals surface area contributed by atoms with Crippen molar-refractivity contribution < 1.29 is 28.5 Å². The Hall–Kier alpha value is -3.15. The molecule has 0 bridgehead atoms. The van der Waals surface area contributed by atoms with Crippen LogP contribution in [-0.2, 0) is 0 Å². The van der Waals surface area contributed by atoms with E-state index in [1.165, 1.54) is 14.2 Å². The highest BCUT2D eigenvalue weighted by Crippen LogP contribution is 2.42. The van der Waals surface area contributed by atoms with Crippen LogP contribution in [0.4, 0.5) is 0 Å². The second kappa shape index (κ2) is 6.76. The Morgan fingerprint density at radius 3 is 2.32 bits per heavy atom. The van der Waals surface area contributed by atoms with Gasteiger partial charge in [0.25, 0.3) is 0 Å². The van der Waals surface area contributed by atoms with Gasteiger partial charge in [-0.15, -0.1) is 0 Å². The van der Waals surface area contributed by atoms with Crippen LogP contribution in [0.15, 0.2) is 36.1 Å². The van der Waals surface area contributed by atoms with Gasteiger partial charge in [-0.25, -0.2) is 0 Å². The minimum Gasteiger partial charge on any atom is -0.496 e. The lowest BCUT2D eigenvalue weighted by Gasteiger charge is -2.10. The molecule has 0 atom stereocenters. The molecule has 0 saturated heterocycles. The summed E-state index contributed by atoms with van der Waals surface area (Å²) in [7, 11) is 6.13. The van der Waals surface area contributed by atoms with Gasteiger partial charge in [-0.05, 0) is 12.1 Å². The number of para-hydroxylation sites is 1. The topological polar surface area (TPSA) is 63.2 Å². The SMILES string of the molecule is COc1cc(OC)c2c(c1)O/C(=C\c1cccc(OC)c1OC)C2=O. The van der Waals surface area contributed by atoms with Gasteiger partial charge in [0.1, 0.15) is 22.8 Å². The Kier molecular flexibility index (Phi) is 4.52. The van der Waals surface area contributed by atoms with Crippen LogP contribution >= 0.6 is 0 Å². The fourth-order valence-corrected chi connectivity index (χ4v) is 2.70. The lowest BCUT2D eigenvalue weighted by Crippen LogP contribution is -2.01. The third kappa shape index (κ3) is 2.87. The summed E-state index contributed by atoms with van der Waals surface area (Å²) in [4.78, 5) is 12.7. The van der Waals surface area contributed by atoms with Crippen molar-refractivity contribution >= 4 is 11.9 Å². The average molecular weight is 342 g/mol. The van der Waals surface area contributed by atoms with Gasteiger partial charge in [-0.1, -0.05) is 12.1 Å². The molecule has 0 N–H and O–H groups in total. The number of fused-ring (bicyclic) bond motifs is 1. The second-order valence-electron chi connectivity index (χ2n) is 5.23. The number of hydrogen-bond donors (Lipinski definition) is 0. The number of carbonyl (C=O) groups is 1. The fraction of sp³-hybridized carbons (Fsp3) is 0.211. The normalized spacial score (nSPS) is 14.1. The summed E-state index contributed by atoms with van der Waals surface area (Å²) in [6.07, 6.45) is 1.62. The summed E-state index contributed by atoms with van der Waals surface area (Å²) in [6, 6.07) is 8.70. The van der Waals surface area contributed by atoms with E-state index in [0.29, 0.717) is 39.9 Å². The fourth-order valence-electron chi connectivity index (χ4n) is 2.70. The Balaban J connectivity index is 2.07. The third-order valence-electron chi connectivity index (χ3n) is 3.89. The van der Waals surface area contributed by atoms with Gasteiger partial charge in [-0.3, -0.25) is 4.79 Å². The molecule has 1 aliphatic heterocycles. The highest BCUT2D eigenvalue weighted by atomic mass is 16.5. The van der Waals surface area contributed by atoms with Crippen molar-refractivity contribution in [3.8, 4) is 28.7 Å². The van der Waals surface area contributed by atoms with Crippen molar-refractivity contribution in [2.24, 2.45) is 0 Å². The van der Waals surface area contributed by atoms with Crippen LogP contribution in [0.2, 0.25) is 0 Å². The number of carbonyl (C=O) groups excluding carboxylic acids is 1. The molecule has 1 aliphatic rings. The molecule has 6 nitrogen and oxygen atoms in total. The molecule has 6 heteroatoms. The smallest absolute Gasteiger partial charge is 0.235 e. The predicted molar refractivity (Wildman–Crippen MR) is 92.0 cm³/mol. The van der Waals surface area contributed by atoms with E-state index in [4.69, 9.17) is 23.7 Å². The first-order chi connectivity index (χ1) is 12.1. The van der Waals surface area contributed by atoms with Gasteiger partial charge < -0.3 is 23.7 Å². The summed E-state index contributed by atoms with van der Waals surface area (Å²) in [5.41, 5.74) is 1.04. The van der Waals surface area contributed by atoms with Crippen molar-refractivity contribution in [2.45, 2.75) is 0 Å². The standard InChI is InChI=1S/C19H18O6/c1-21-12-9-14(23-3)17-15(10-12)25-16(18(17)20)8-11-6-5-7-13(22-2)19(11)24-4/h5-10H,1-4H3/b16-8-. The zero-order valence-corrected chi connectivity index (χ0v) is 14.4. The molecule has 0 aliphatic carbocycles. The van der Waals surface area contributed by atoms with Crippen LogP contribution in [0.1, 0.15) is 15.9 Å². The molecule has 0 saturated carbocycles. The molecule has 1 heterocycles. The lowest BCUT2D eigenvalue weighted by atomic mass is 10.1. The van der Waals surface area contributed by atoms with Crippen LogP contribution in [-0.4, -0.2) is 34.2 Å². The Labute approximate surface area is 145 Å². The zero-order valence-electron chi connectivity index (χ0n) is 14.4. The Bertz CT molecular complexity index is 853. The van der Waals surface area contributed by atoms with Gasteiger partial charge in [0, 0.05) is 17.7 Å². The number of ether oxygens (including phenoxy) is 5. The Morgan fingerprint density at radius 2 is 1.68 bits per heavy atom. The number of allylic oxidation sites excluding steroid dienone is 1. The third-order valence-corrected chi connectivity index (χ3v) is 3.89. The van der Waals surface area contributed by atoms with Crippen LogP contribution < -0.4 is 23.7 Å². The van der Waals surface area contributed by atoms with Gasteiger partial charge in [0.15, 0.2) is 17.3 Å². The first-order valence-electron chi connectivity index (χ1n) is 7.54. The number of rotatable bonds is 5. The van der Waals surface area contributed by atoms with Crippen molar-refractivity contribution in [3.63, 3.8) is 0 Å². The van der Waals surface area contributed by atoms with Crippen LogP contribution in [0.25, 0.3) is 6.08 Å². The molecule has 0 amide bonds. The summed E-state index contributed by atoms with van der Waals surface area (Å²) in [5, 5.41) is 0. The van der Waals surface area contributed by atoms with E-state index in [0.717, 1.165) is 0 Å². The van der Waals surface area contributed by atoms with Crippen LogP contribution in [0, 0.1) is 0 Å². The van der Waals surface area contributed by atoms with Gasteiger partial charge in [-0.2, -0.15) is 0 Å². The number of ketones is 1. The Morgan fingerprint density at radius 1 is 0.920 bits per heavy atom. The molecular formula is C19H18O6. The van der Waals surface area contributed by atoms with Crippen molar-refractivity contribution in [2.75, 3.05) is 28.4 Å². The van der Waals surface area contributed by atoms with Crippen molar-refractivity contribution in [1.29, 1.82) is 0 Å². The van der Waals surface area contributed by atoms with E-state index in [9.17, 15) is 4.79 Å². The summed E-state index contributed by atoms with van der Waals surface area (Å²) in [6.45, 7) is 0. The molecule has 130 valence electrons. The lowest BCUT2D eigenvalue weighted by molar-refractivity contribution is 0.101. The zero-order chi connectivity index (χ0) is 18.0. The number of methoxy groups -OCH3 is 4. The maximum atomic E-state index is 12.7. The van der Waals surface area contributed by atoms with E-state index in [-0.39, 0.29) is 11.5 Å². The van der Waals surface area contributed by atoms with Gasteiger partial charge in [0.05, 0.1) is 28.4 Å². The van der Waals surface area contributed by atoms with E-state index >= 15 is 0 Å². The molecule has 2 aromatic rings. The number of benzene rings is 2. The maximum absolute atomic E-state index is 12.7. The maximum Gasteiger partial charge on any atom is 0.235 e. The second-order valence-corrected chi connectivity index (χ2v) is 5.23. The van der Waals surface area contributed by atoms with E-state index in [2.05, 4.69) is 0 Å². The quantitative estimate of drug-likeness (QED) is 0.777. The molecule has 2 aromatic carbocycles.